The average Bonchev–Trinajstić information content (AvgIpc) is 3.61. The van der Waals surface area contributed by atoms with Crippen LogP contribution in [0.25, 0.3) is 33.6 Å². The maximum atomic E-state index is 13.6. The van der Waals surface area contributed by atoms with E-state index in [9.17, 15) is 9.59 Å². The summed E-state index contributed by atoms with van der Waals surface area (Å²) in [6.45, 7) is 2.67. The van der Waals surface area contributed by atoms with Gasteiger partial charge in [-0.2, -0.15) is 0 Å². The number of likely N-dealkylation sites (N-methyl/N-ethyl adjacent to an activating group) is 1. The molecular weight excluding hydrogens is 514 g/mol. The van der Waals surface area contributed by atoms with Crippen molar-refractivity contribution in [1.82, 2.24) is 28.9 Å². The number of amides is 1. The number of hydrogen-bond donors (Lipinski definition) is 1. The van der Waals surface area contributed by atoms with E-state index in [2.05, 4.69) is 26.3 Å². The highest BCUT2D eigenvalue weighted by atomic mass is 16.2. The number of fused-ring (bicyclic) bond motifs is 2. The molecule has 1 amide bonds. The lowest BCUT2D eigenvalue weighted by Crippen LogP contribution is -2.49. The molecule has 4 aromatic rings. The van der Waals surface area contributed by atoms with E-state index < -0.39 is 0 Å². The molecule has 9 heteroatoms. The number of nitrogens with two attached hydrogens (primary N) is 1. The molecule has 2 atom stereocenters. The lowest BCUT2D eigenvalue weighted by atomic mass is 9.90. The number of carbonyl (C=O) groups excluding carboxylic acids is 2. The molecule has 1 aliphatic carbocycles. The number of ketones is 1. The molecule has 2 fully saturated rings. The van der Waals surface area contributed by atoms with Crippen LogP contribution in [-0.4, -0.2) is 80.4 Å². The Morgan fingerprint density at radius 1 is 1.12 bits per heavy atom. The van der Waals surface area contributed by atoms with E-state index in [1.807, 2.05) is 62.6 Å². The van der Waals surface area contributed by atoms with Crippen LogP contribution in [0.5, 0.6) is 0 Å². The molecule has 6 rings (SSSR count). The zero-order valence-corrected chi connectivity index (χ0v) is 24.2. The number of carbonyl (C=O) groups is 2. The third-order valence-electron chi connectivity index (χ3n) is 8.27. The Morgan fingerprint density at radius 3 is 2.73 bits per heavy atom. The predicted molar refractivity (Wildman–Crippen MR) is 161 cm³/mol. The number of aromatic nitrogens is 4. The van der Waals surface area contributed by atoms with Crippen molar-refractivity contribution in [2.45, 2.75) is 38.3 Å². The number of rotatable bonds is 9. The molecule has 0 spiro atoms. The van der Waals surface area contributed by atoms with Crippen molar-refractivity contribution >= 4 is 33.8 Å². The summed E-state index contributed by atoms with van der Waals surface area (Å²) in [5.74, 6) is 1.61. The van der Waals surface area contributed by atoms with Gasteiger partial charge >= 0.3 is 0 Å². The summed E-state index contributed by atoms with van der Waals surface area (Å²) < 4.78 is 4.40. The van der Waals surface area contributed by atoms with Crippen molar-refractivity contribution < 1.29 is 9.59 Å². The van der Waals surface area contributed by atoms with E-state index >= 15 is 0 Å². The zero-order chi connectivity index (χ0) is 28.7. The number of nitrogens with zero attached hydrogens (tertiary/aromatic N) is 6. The van der Waals surface area contributed by atoms with Gasteiger partial charge < -0.3 is 24.7 Å². The van der Waals surface area contributed by atoms with Gasteiger partial charge in [0.25, 0.3) is 5.91 Å². The second-order valence-electron chi connectivity index (χ2n) is 12.1. The molecule has 1 saturated heterocycles. The third kappa shape index (κ3) is 5.83. The molecular formula is C32H39N7O2. The van der Waals surface area contributed by atoms with Crippen molar-refractivity contribution in [3.05, 3.63) is 60.3 Å². The van der Waals surface area contributed by atoms with Gasteiger partial charge in [0.05, 0.1) is 16.7 Å². The van der Waals surface area contributed by atoms with Gasteiger partial charge in [0.1, 0.15) is 5.65 Å². The third-order valence-corrected chi connectivity index (χ3v) is 8.27. The number of benzene rings is 1. The summed E-state index contributed by atoms with van der Waals surface area (Å²) in [6.07, 6.45) is 9.02. The smallest absolute Gasteiger partial charge is 0.253 e. The van der Waals surface area contributed by atoms with E-state index in [0.29, 0.717) is 31.0 Å². The summed E-state index contributed by atoms with van der Waals surface area (Å²) in [4.78, 5) is 39.7. The fraction of sp³-hybridized carbons (Fsp3) is 0.438. The van der Waals surface area contributed by atoms with E-state index in [-0.39, 0.29) is 23.7 Å². The molecule has 2 N–H and O–H groups in total. The Bertz CT molecular complexity index is 1630. The summed E-state index contributed by atoms with van der Waals surface area (Å²) in [5, 5.41) is 1.11. The Balaban J connectivity index is 1.24. The molecule has 3 aromatic heterocycles. The van der Waals surface area contributed by atoms with Gasteiger partial charge in [-0.1, -0.05) is 6.08 Å². The summed E-state index contributed by atoms with van der Waals surface area (Å²) in [7, 11) is 5.96. The van der Waals surface area contributed by atoms with Crippen LogP contribution in [0.3, 0.4) is 0 Å². The van der Waals surface area contributed by atoms with Gasteiger partial charge in [-0.05, 0) is 87.7 Å². The van der Waals surface area contributed by atoms with Gasteiger partial charge in [0.15, 0.2) is 11.6 Å². The first-order valence-corrected chi connectivity index (χ1v) is 14.6. The lowest BCUT2D eigenvalue weighted by molar-refractivity contribution is -0.115. The van der Waals surface area contributed by atoms with Crippen LogP contribution in [0.2, 0.25) is 0 Å². The lowest BCUT2D eigenvalue weighted by Gasteiger charge is -2.36. The number of pyridine rings is 1. The molecule has 1 saturated carbocycles. The van der Waals surface area contributed by atoms with Gasteiger partial charge in [0.2, 0.25) is 0 Å². The minimum Gasteiger partial charge on any atom is -0.337 e. The van der Waals surface area contributed by atoms with Gasteiger partial charge in [0, 0.05) is 62.8 Å². The van der Waals surface area contributed by atoms with E-state index in [0.717, 1.165) is 53.1 Å². The SMILES string of the molecule is CN(C)C/C=C/C(=O)C[C@@H]1C[C@H](N)CN(C(=O)c2ccc3c(c2)nc(-c2cc4cccnc4n2CC2CC2)n3C)C1. The minimum atomic E-state index is -0.150. The number of likely N-dealkylation sites (tertiary alicyclic amines) is 1. The maximum Gasteiger partial charge on any atom is 0.253 e. The van der Waals surface area contributed by atoms with Crippen molar-refractivity contribution in [3.63, 3.8) is 0 Å². The second-order valence-corrected chi connectivity index (χ2v) is 12.1. The number of allylic oxidation sites excluding steroid dienone is 1. The Morgan fingerprint density at radius 2 is 1.95 bits per heavy atom. The molecule has 9 nitrogen and oxygen atoms in total. The van der Waals surface area contributed by atoms with Gasteiger partial charge in [-0.25, -0.2) is 9.97 Å². The number of piperidine rings is 1. The standard InChI is InChI=1S/C32H39N7O2/c1-36(2)13-5-7-26(40)15-22-14-25(33)20-38(18-22)32(41)24-10-11-28-27(16-24)35-31(37(28)3)29-17-23-6-4-12-34-30(23)39(29)19-21-8-9-21/h4-7,10-12,16-17,21-22,25H,8-9,13-15,18-20,33H2,1-3H3/b7-5+/t22-,25-/m0/s1. The number of imidazole rings is 1. The predicted octanol–water partition coefficient (Wildman–Crippen LogP) is 3.87. The van der Waals surface area contributed by atoms with Crippen LogP contribution >= 0.6 is 0 Å². The highest BCUT2D eigenvalue weighted by Crippen LogP contribution is 2.36. The topological polar surface area (TPSA) is 102 Å². The highest BCUT2D eigenvalue weighted by Gasteiger charge is 2.30. The largest absolute Gasteiger partial charge is 0.337 e. The van der Waals surface area contributed by atoms with E-state index in [1.165, 1.54) is 12.8 Å². The van der Waals surface area contributed by atoms with Crippen LogP contribution in [0, 0.1) is 11.8 Å². The second kappa shape index (κ2) is 11.2. The molecule has 1 aromatic carbocycles. The average molecular weight is 554 g/mol. The van der Waals surface area contributed by atoms with Gasteiger partial charge in [-0.15, -0.1) is 0 Å². The van der Waals surface area contributed by atoms with Crippen LogP contribution in [0.4, 0.5) is 0 Å². The van der Waals surface area contributed by atoms with Crippen LogP contribution < -0.4 is 5.73 Å². The quantitative estimate of drug-likeness (QED) is 0.316. The summed E-state index contributed by atoms with van der Waals surface area (Å²) in [5.41, 5.74) is 10.7. The van der Waals surface area contributed by atoms with Crippen molar-refractivity contribution in [2.24, 2.45) is 24.6 Å². The Hall–Kier alpha value is -3.82. The number of hydrogen-bond acceptors (Lipinski definition) is 6. The molecule has 1 aliphatic heterocycles. The van der Waals surface area contributed by atoms with Gasteiger partial charge in [-0.3, -0.25) is 9.59 Å². The Labute approximate surface area is 240 Å². The van der Waals surface area contributed by atoms with Crippen molar-refractivity contribution in [3.8, 4) is 11.5 Å². The molecule has 0 bridgehead atoms. The fourth-order valence-corrected chi connectivity index (χ4v) is 6.07. The summed E-state index contributed by atoms with van der Waals surface area (Å²) in [6, 6.07) is 11.8. The molecule has 4 heterocycles. The molecule has 0 unspecified atom stereocenters. The Kier molecular flexibility index (Phi) is 7.48. The number of aryl methyl sites for hydroxylation is 1. The molecule has 41 heavy (non-hydrogen) atoms. The van der Waals surface area contributed by atoms with E-state index in [4.69, 9.17) is 10.7 Å². The zero-order valence-electron chi connectivity index (χ0n) is 24.2. The highest BCUT2D eigenvalue weighted by molar-refractivity contribution is 5.98. The van der Waals surface area contributed by atoms with Crippen LogP contribution in [-0.2, 0) is 18.4 Å². The normalized spacial score (nSPS) is 19.7. The molecule has 2 aliphatic rings. The molecule has 214 valence electrons. The minimum absolute atomic E-state index is 0.0476. The van der Waals surface area contributed by atoms with Crippen molar-refractivity contribution in [2.75, 3.05) is 33.7 Å². The summed E-state index contributed by atoms with van der Waals surface area (Å²) >= 11 is 0. The monoisotopic (exact) mass is 553 g/mol. The van der Waals surface area contributed by atoms with Crippen LogP contribution in [0.15, 0.2) is 54.7 Å². The fourth-order valence-electron chi connectivity index (χ4n) is 6.07. The maximum absolute atomic E-state index is 13.6. The first-order chi connectivity index (χ1) is 19.8. The van der Waals surface area contributed by atoms with Crippen molar-refractivity contribution in [1.29, 1.82) is 0 Å². The van der Waals surface area contributed by atoms with E-state index in [1.54, 1.807) is 11.0 Å². The molecule has 0 radical (unpaired) electrons. The van der Waals surface area contributed by atoms with Crippen LogP contribution in [0.1, 0.15) is 36.0 Å². The first-order valence-electron chi connectivity index (χ1n) is 14.6. The first kappa shape index (κ1) is 27.4.